The molecule has 0 aromatic carbocycles. The average Bonchev–Trinajstić information content (AvgIpc) is 3.22. The van der Waals surface area contributed by atoms with Crippen LogP contribution >= 0.6 is 0 Å². The van der Waals surface area contributed by atoms with E-state index in [9.17, 15) is 13.9 Å². The van der Waals surface area contributed by atoms with E-state index < -0.39 is 12.5 Å². The number of aliphatic hydroxyl groups excluding tert-OH is 1. The molecule has 0 amide bonds. The predicted octanol–water partition coefficient (Wildman–Crippen LogP) is 3.98. The van der Waals surface area contributed by atoms with E-state index in [2.05, 4.69) is 20.4 Å². The molecule has 10 heteroatoms. The van der Waals surface area contributed by atoms with Gasteiger partial charge in [-0.2, -0.15) is 0 Å². The highest BCUT2D eigenvalue weighted by molar-refractivity contribution is 5.88. The molecule has 0 bridgehead atoms. The van der Waals surface area contributed by atoms with Crippen molar-refractivity contribution < 1.29 is 18.6 Å². The Balaban J connectivity index is 1.43. The van der Waals surface area contributed by atoms with E-state index in [4.69, 9.17) is 9.72 Å². The van der Waals surface area contributed by atoms with Crippen molar-refractivity contribution in [2.24, 2.45) is 4.99 Å². The van der Waals surface area contributed by atoms with Gasteiger partial charge in [-0.25, -0.2) is 18.3 Å². The Kier molecular flexibility index (Phi) is 6.03. The summed E-state index contributed by atoms with van der Waals surface area (Å²) in [6.07, 6.45) is 2.15. The average molecular weight is 456 g/mol. The number of halogens is 2. The maximum absolute atomic E-state index is 12.8. The monoisotopic (exact) mass is 456 g/mol. The van der Waals surface area contributed by atoms with E-state index in [1.807, 2.05) is 31.3 Å². The molecule has 5 heterocycles. The Labute approximate surface area is 189 Å². The molecule has 8 nitrogen and oxygen atoms in total. The zero-order valence-electron chi connectivity index (χ0n) is 18.3. The lowest BCUT2D eigenvalue weighted by Gasteiger charge is -2.28. The second-order valence-corrected chi connectivity index (χ2v) is 8.64. The second kappa shape index (κ2) is 9.11. The Morgan fingerprint density at radius 1 is 1.30 bits per heavy atom. The minimum Gasteiger partial charge on any atom is -0.389 e. The van der Waals surface area contributed by atoms with Crippen molar-refractivity contribution in [3.8, 4) is 11.3 Å². The van der Waals surface area contributed by atoms with Crippen LogP contribution in [0.2, 0.25) is 0 Å². The highest BCUT2D eigenvalue weighted by Gasteiger charge is 2.26. The van der Waals surface area contributed by atoms with Crippen LogP contribution in [0.3, 0.4) is 0 Å². The summed E-state index contributed by atoms with van der Waals surface area (Å²) in [5.41, 5.74) is 4.83. The van der Waals surface area contributed by atoms with Crippen LogP contribution in [0, 0.1) is 0 Å². The number of rotatable bonds is 6. The normalized spacial score (nSPS) is 22.9. The van der Waals surface area contributed by atoms with E-state index in [0.717, 1.165) is 33.9 Å². The van der Waals surface area contributed by atoms with Gasteiger partial charge in [0.25, 0.3) is 0 Å². The first-order chi connectivity index (χ1) is 16.0. The molecule has 33 heavy (non-hydrogen) atoms. The van der Waals surface area contributed by atoms with Crippen molar-refractivity contribution in [2.75, 3.05) is 18.5 Å². The van der Waals surface area contributed by atoms with Crippen LogP contribution in [0.4, 0.5) is 20.4 Å². The molecule has 1 fully saturated rings. The molecule has 1 saturated heterocycles. The maximum Gasteiger partial charge on any atom is 0.241 e. The molecule has 1 unspecified atom stereocenters. The Bertz CT molecular complexity index is 1180. The molecule has 174 valence electrons. The van der Waals surface area contributed by atoms with Gasteiger partial charge in [0.2, 0.25) is 12.4 Å². The number of ether oxygens (including phenoxy) is 1. The van der Waals surface area contributed by atoms with E-state index in [0.29, 0.717) is 38.4 Å². The molecule has 0 radical (unpaired) electrons. The zero-order valence-corrected chi connectivity index (χ0v) is 18.3. The molecule has 2 aliphatic rings. The van der Waals surface area contributed by atoms with Crippen molar-refractivity contribution in [3.05, 3.63) is 36.3 Å². The highest BCUT2D eigenvalue weighted by atomic mass is 19.3. The van der Waals surface area contributed by atoms with Crippen molar-refractivity contribution in [1.29, 1.82) is 0 Å². The first-order valence-corrected chi connectivity index (χ1v) is 11.2. The van der Waals surface area contributed by atoms with Gasteiger partial charge in [0.05, 0.1) is 47.5 Å². The van der Waals surface area contributed by atoms with E-state index >= 15 is 0 Å². The summed E-state index contributed by atoms with van der Waals surface area (Å²) in [5, 5.41) is 17.8. The fourth-order valence-corrected chi connectivity index (χ4v) is 4.52. The van der Waals surface area contributed by atoms with Gasteiger partial charge >= 0.3 is 0 Å². The number of alkyl halides is 2. The van der Waals surface area contributed by atoms with Crippen LogP contribution in [-0.2, 0) is 4.74 Å². The third kappa shape index (κ3) is 4.58. The Morgan fingerprint density at radius 3 is 3.00 bits per heavy atom. The van der Waals surface area contributed by atoms with Gasteiger partial charge in [-0.15, -0.1) is 5.10 Å². The fraction of sp³-hybridized carbons (Fsp3) is 0.478. The highest BCUT2D eigenvalue weighted by Crippen LogP contribution is 2.38. The van der Waals surface area contributed by atoms with Crippen LogP contribution in [0.15, 0.2) is 35.6 Å². The SMILES string of the molecule is CC1=Nc2ccc(-c3ccn4nc(N[C@@H]5CCOC[C@@H]5O)ncc34)nc2C(CCC(F)F)C1. The van der Waals surface area contributed by atoms with Crippen molar-refractivity contribution >= 4 is 22.9 Å². The molecule has 0 spiro atoms. The van der Waals surface area contributed by atoms with Gasteiger partial charge in [-0.3, -0.25) is 9.98 Å². The van der Waals surface area contributed by atoms with E-state index in [1.54, 1.807) is 10.7 Å². The molecule has 3 aromatic heterocycles. The molecule has 3 aromatic rings. The number of aliphatic imine (C=N–C) groups is 1. The molecule has 2 aliphatic heterocycles. The molecular formula is C23H26F2N6O2. The largest absolute Gasteiger partial charge is 0.389 e. The summed E-state index contributed by atoms with van der Waals surface area (Å²) >= 11 is 0. The van der Waals surface area contributed by atoms with Gasteiger partial charge in [0, 0.05) is 36.4 Å². The lowest BCUT2D eigenvalue weighted by atomic mass is 9.89. The quantitative estimate of drug-likeness (QED) is 0.583. The second-order valence-electron chi connectivity index (χ2n) is 8.64. The van der Waals surface area contributed by atoms with E-state index in [1.165, 1.54) is 0 Å². The number of hydrogen-bond donors (Lipinski definition) is 2. The summed E-state index contributed by atoms with van der Waals surface area (Å²) in [6, 6.07) is 5.55. The smallest absolute Gasteiger partial charge is 0.241 e. The standard InChI is InChI=1S/C23H26F2N6O2/c1-13-10-14(2-5-21(24)25)22-18(27-13)4-3-16(28-22)15-6-8-31-19(15)11-26-23(30-31)29-17-7-9-33-12-20(17)32/h3-4,6,8,11,14,17,20-21,32H,2,5,7,9-10,12H2,1H3,(H,29,30)/t14?,17-,20+/m1/s1. The number of anilines is 1. The third-order valence-electron chi connectivity index (χ3n) is 6.21. The summed E-state index contributed by atoms with van der Waals surface area (Å²) in [7, 11) is 0. The van der Waals surface area contributed by atoms with Crippen LogP contribution < -0.4 is 5.32 Å². The summed E-state index contributed by atoms with van der Waals surface area (Å²) in [4.78, 5) is 13.8. The number of pyridine rings is 1. The van der Waals surface area contributed by atoms with Crippen LogP contribution in [-0.4, -0.2) is 62.2 Å². The van der Waals surface area contributed by atoms with Gasteiger partial charge < -0.3 is 15.2 Å². The Hall–Kier alpha value is -2.98. The van der Waals surface area contributed by atoms with Crippen molar-refractivity contribution in [1.82, 2.24) is 19.6 Å². The first-order valence-electron chi connectivity index (χ1n) is 11.2. The van der Waals surface area contributed by atoms with Crippen molar-refractivity contribution in [2.45, 2.75) is 57.1 Å². The number of hydrogen-bond acceptors (Lipinski definition) is 7. The molecule has 5 rings (SSSR count). The summed E-state index contributed by atoms with van der Waals surface area (Å²) in [6.45, 7) is 2.80. The molecule has 0 saturated carbocycles. The van der Waals surface area contributed by atoms with Crippen LogP contribution in [0.5, 0.6) is 0 Å². The number of nitrogens with zero attached hydrogens (tertiary/aromatic N) is 5. The predicted molar refractivity (Wildman–Crippen MR) is 120 cm³/mol. The maximum atomic E-state index is 12.8. The number of aromatic nitrogens is 4. The zero-order chi connectivity index (χ0) is 22.9. The minimum atomic E-state index is -2.33. The van der Waals surface area contributed by atoms with Gasteiger partial charge in [0.15, 0.2) is 0 Å². The third-order valence-corrected chi connectivity index (χ3v) is 6.21. The van der Waals surface area contributed by atoms with Gasteiger partial charge in [0.1, 0.15) is 0 Å². The molecule has 2 N–H and O–H groups in total. The number of aliphatic hydroxyl groups is 1. The topological polar surface area (TPSA) is 96.9 Å². The lowest BCUT2D eigenvalue weighted by molar-refractivity contribution is -0.0136. The van der Waals surface area contributed by atoms with Crippen molar-refractivity contribution in [3.63, 3.8) is 0 Å². The number of nitrogens with one attached hydrogen (secondary N) is 1. The van der Waals surface area contributed by atoms with Gasteiger partial charge in [-0.05, 0) is 44.4 Å². The lowest BCUT2D eigenvalue weighted by Crippen LogP contribution is -2.42. The van der Waals surface area contributed by atoms with E-state index in [-0.39, 0.29) is 18.4 Å². The summed E-state index contributed by atoms with van der Waals surface area (Å²) in [5.74, 6) is 0.351. The first kappa shape index (κ1) is 21.8. The Morgan fingerprint density at radius 2 is 2.18 bits per heavy atom. The number of fused-ring (bicyclic) bond motifs is 2. The molecular weight excluding hydrogens is 430 g/mol. The van der Waals surface area contributed by atoms with Gasteiger partial charge in [-0.1, -0.05) is 0 Å². The molecule has 3 atom stereocenters. The van der Waals surface area contributed by atoms with Crippen LogP contribution in [0.1, 0.15) is 44.2 Å². The minimum absolute atomic E-state index is 0.0710. The fourth-order valence-electron chi connectivity index (χ4n) is 4.52. The van der Waals surface area contributed by atoms with Crippen LogP contribution in [0.25, 0.3) is 16.8 Å². The molecule has 0 aliphatic carbocycles. The summed E-state index contributed by atoms with van der Waals surface area (Å²) < 4.78 is 32.7.